The van der Waals surface area contributed by atoms with Gasteiger partial charge in [0.1, 0.15) is 12.3 Å². The van der Waals surface area contributed by atoms with Crippen LogP contribution >= 0.6 is 11.8 Å². The molecule has 1 aliphatic rings. The zero-order chi connectivity index (χ0) is 16.1. The summed E-state index contributed by atoms with van der Waals surface area (Å²) < 4.78 is 9.64. The highest BCUT2D eigenvalue weighted by atomic mass is 32.2. The molecule has 2 rings (SSSR count). The highest BCUT2D eigenvalue weighted by Gasteiger charge is 2.29. The van der Waals surface area contributed by atoms with E-state index < -0.39 is 11.9 Å². The first-order chi connectivity index (χ1) is 10.5. The SMILES string of the molecule is CCOC(=O)/C=C1\SCC(=O)N1CC(=O)Nc1cc(C)on1. The number of aryl methyl sites for hydroxylation is 1. The Morgan fingerprint density at radius 2 is 2.36 bits per heavy atom. The summed E-state index contributed by atoms with van der Waals surface area (Å²) in [6, 6.07) is 1.56. The van der Waals surface area contributed by atoms with Gasteiger partial charge in [-0.05, 0) is 13.8 Å². The molecule has 2 heterocycles. The molecule has 0 spiro atoms. The third-order valence-electron chi connectivity index (χ3n) is 2.64. The van der Waals surface area contributed by atoms with E-state index >= 15 is 0 Å². The number of aromatic nitrogens is 1. The number of thioether (sulfide) groups is 1. The number of esters is 1. The van der Waals surface area contributed by atoms with Gasteiger partial charge in [-0.2, -0.15) is 0 Å². The fourth-order valence-electron chi connectivity index (χ4n) is 1.74. The summed E-state index contributed by atoms with van der Waals surface area (Å²) in [6.45, 7) is 3.42. The van der Waals surface area contributed by atoms with Crippen LogP contribution in [0.1, 0.15) is 12.7 Å². The maximum atomic E-state index is 11.9. The number of rotatable bonds is 5. The van der Waals surface area contributed by atoms with E-state index in [0.29, 0.717) is 10.8 Å². The lowest BCUT2D eigenvalue weighted by Gasteiger charge is -2.15. The minimum Gasteiger partial charge on any atom is -0.463 e. The normalized spacial score (nSPS) is 16.2. The molecule has 0 aromatic carbocycles. The standard InChI is InChI=1S/C13H15N3O5S/c1-3-20-13(19)5-12-16(11(18)7-22-12)6-10(17)14-9-4-8(2)21-15-9/h4-5H,3,6-7H2,1-2H3,(H,14,15,17)/b12-5-. The van der Waals surface area contributed by atoms with E-state index in [1.807, 2.05) is 0 Å². The Labute approximate surface area is 130 Å². The quantitative estimate of drug-likeness (QED) is 0.634. The third-order valence-corrected chi connectivity index (χ3v) is 3.66. The zero-order valence-corrected chi connectivity index (χ0v) is 12.9. The fraction of sp³-hybridized carbons (Fsp3) is 0.385. The molecule has 0 atom stereocenters. The van der Waals surface area contributed by atoms with E-state index in [9.17, 15) is 14.4 Å². The summed E-state index contributed by atoms with van der Waals surface area (Å²) in [6.07, 6.45) is 1.21. The summed E-state index contributed by atoms with van der Waals surface area (Å²) in [4.78, 5) is 36.5. The summed E-state index contributed by atoms with van der Waals surface area (Å²) in [5.74, 6) is -0.200. The highest BCUT2D eigenvalue weighted by molar-refractivity contribution is 8.04. The van der Waals surface area contributed by atoms with Gasteiger partial charge in [-0.1, -0.05) is 16.9 Å². The number of carbonyl (C=O) groups is 3. The van der Waals surface area contributed by atoms with E-state index in [0.717, 1.165) is 0 Å². The molecule has 1 N–H and O–H groups in total. The average Bonchev–Trinajstić information content (AvgIpc) is 2.99. The Morgan fingerprint density at radius 1 is 1.59 bits per heavy atom. The number of nitrogens with one attached hydrogen (secondary N) is 1. The van der Waals surface area contributed by atoms with Crippen molar-refractivity contribution in [2.45, 2.75) is 13.8 Å². The van der Waals surface area contributed by atoms with Crippen LogP contribution in [0.2, 0.25) is 0 Å². The number of hydrogen-bond acceptors (Lipinski definition) is 7. The first-order valence-electron chi connectivity index (χ1n) is 6.54. The van der Waals surface area contributed by atoms with E-state index in [1.165, 1.54) is 22.7 Å². The van der Waals surface area contributed by atoms with Gasteiger partial charge in [0.15, 0.2) is 5.82 Å². The second-order valence-corrected chi connectivity index (χ2v) is 5.37. The Bertz CT molecular complexity index is 625. The number of amides is 2. The predicted molar refractivity (Wildman–Crippen MR) is 78.8 cm³/mol. The van der Waals surface area contributed by atoms with Crippen LogP contribution in [0, 0.1) is 6.92 Å². The molecule has 1 aromatic rings. The maximum absolute atomic E-state index is 11.9. The molecule has 22 heavy (non-hydrogen) atoms. The monoisotopic (exact) mass is 325 g/mol. The van der Waals surface area contributed by atoms with Crippen LogP contribution in [0.25, 0.3) is 0 Å². The predicted octanol–water partition coefficient (Wildman–Crippen LogP) is 0.901. The van der Waals surface area contributed by atoms with Crippen molar-refractivity contribution >= 4 is 35.4 Å². The molecule has 0 aliphatic carbocycles. The Morgan fingerprint density at radius 3 is 3.00 bits per heavy atom. The number of nitrogens with zero attached hydrogens (tertiary/aromatic N) is 2. The van der Waals surface area contributed by atoms with Crippen molar-refractivity contribution in [1.82, 2.24) is 10.1 Å². The lowest BCUT2D eigenvalue weighted by molar-refractivity contribution is -0.137. The Kier molecular flexibility index (Phi) is 5.21. The fourth-order valence-corrected chi connectivity index (χ4v) is 2.67. The van der Waals surface area contributed by atoms with E-state index in [2.05, 4.69) is 10.5 Å². The van der Waals surface area contributed by atoms with Crippen LogP contribution in [-0.2, 0) is 19.1 Å². The van der Waals surface area contributed by atoms with Gasteiger partial charge in [-0.15, -0.1) is 0 Å². The molecule has 9 heteroatoms. The van der Waals surface area contributed by atoms with Crippen LogP contribution in [0.5, 0.6) is 0 Å². The first-order valence-corrected chi connectivity index (χ1v) is 7.53. The van der Waals surface area contributed by atoms with Crippen molar-refractivity contribution in [3.05, 3.63) is 22.9 Å². The van der Waals surface area contributed by atoms with E-state index in [-0.39, 0.29) is 30.6 Å². The largest absolute Gasteiger partial charge is 0.463 e. The Balaban J connectivity index is 2.00. The van der Waals surface area contributed by atoms with Gasteiger partial charge in [0, 0.05) is 6.07 Å². The molecule has 1 fully saturated rings. The highest BCUT2D eigenvalue weighted by Crippen LogP contribution is 2.28. The van der Waals surface area contributed by atoms with Gasteiger partial charge >= 0.3 is 5.97 Å². The van der Waals surface area contributed by atoms with Gasteiger partial charge in [-0.25, -0.2) is 4.79 Å². The average molecular weight is 325 g/mol. The van der Waals surface area contributed by atoms with Gasteiger partial charge in [0.2, 0.25) is 11.8 Å². The zero-order valence-electron chi connectivity index (χ0n) is 12.1. The first kappa shape index (κ1) is 16.1. The van der Waals surface area contributed by atoms with Crippen LogP contribution in [-0.4, -0.2) is 46.7 Å². The van der Waals surface area contributed by atoms with Gasteiger partial charge in [-0.3, -0.25) is 14.5 Å². The lowest BCUT2D eigenvalue weighted by Crippen LogP contribution is -2.34. The minimum absolute atomic E-state index is 0.182. The smallest absolute Gasteiger partial charge is 0.333 e. The molecule has 1 aliphatic heterocycles. The molecule has 0 bridgehead atoms. The van der Waals surface area contributed by atoms with Crippen molar-refractivity contribution in [3.8, 4) is 0 Å². The molecular formula is C13H15N3O5S. The molecule has 0 unspecified atom stereocenters. The van der Waals surface area contributed by atoms with Gasteiger partial charge < -0.3 is 14.6 Å². The summed E-state index contributed by atoms with van der Waals surface area (Å²) >= 11 is 1.19. The second-order valence-electron chi connectivity index (χ2n) is 4.37. The summed E-state index contributed by atoms with van der Waals surface area (Å²) in [5.41, 5.74) is 0. The van der Waals surface area contributed by atoms with Crippen molar-refractivity contribution < 1.29 is 23.6 Å². The summed E-state index contributed by atoms with van der Waals surface area (Å²) in [5, 5.41) is 6.55. The van der Waals surface area contributed by atoms with Crippen LogP contribution in [0.15, 0.2) is 21.7 Å². The van der Waals surface area contributed by atoms with Crippen molar-refractivity contribution in [2.75, 3.05) is 24.2 Å². The lowest BCUT2D eigenvalue weighted by atomic mass is 10.4. The molecule has 0 saturated carbocycles. The third kappa shape index (κ3) is 4.10. The van der Waals surface area contributed by atoms with Gasteiger partial charge in [0.05, 0.1) is 23.5 Å². The van der Waals surface area contributed by atoms with Crippen LogP contribution in [0.4, 0.5) is 5.82 Å². The molecule has 2 amide bonds. The molecule has 1 saturated heterocycles. The van der Waals surface area contributed by atoms with E-state index in [4.69, 9.17) is 9.26 Å². The van der Waals surface area contributed by atoms with Crippen molar-refractivity contribution in [2.24, 2.45) is 0 Å². The molecule has 118 valence electrons. The molecular weight excluding hydrogens is 310 g/mol. The van der Waals surface area contributed by atoms with Crippen molar-refractivity contribution in [3.63, 3.8) is 0 Å². The Hall–Kier alpha value is -2.29. The molecule has 0 radical (unpaired) electrons. The van der Waals surface area contributed by atoms with E-state index in [1.54, 1.807) is 19.9 Å². The molecule has 1 aromatic heterocycles. The number of anilines is 1. The minimum atomic E-state index is -0.544. The van der Waals surface area contributed by atoms with Crippen molar-refractivity contribution in [1.29, 1.82) is 0 Å². The summed E-state index contributed by atoms with van der Waals surface area (Å²) in [7, 11) is 0. The van der Waals surface area contributed by atoms with Crippen LogP contribution < -0.4 is 5.32 Å². The topological polar surface area (TPSA) is 102 Å². The van der Waals surface area contributed by atoms with Crippen LogP contribution in [0.3, 0.4) is 0 Å². The molecule has 8 nitrogen and oxygen atoms in total. The number of hydrogen-bond donors (Lipinski definition) is 1. The maximum Gasteiger partial charge on any atom is 0.333 e. The van der Waals surface area contributed by atoms with Gasteiger partial charge in [0.25, 0.3) is 0 Å². The number of carbonyl (C=O) groups excluding carboxylic acids is 3. The second kappa shape index (κ2) is 7.12. The number of ether oxygens (including phenoxy) is 1.